The Morgan fingerprint density at radius 2 is 0.805 bits per heavy atom. The van der Waals surface area contributed by atoms with Crippen molar-refractivity contribution in [2.75, 3.05) is 13.2 Å². The molecule has 10 N–H and O–H groups in total. The first kappa shape index (κ1) is 37.8. The van der Waals surface area contributed by atoms with Crippen molar-refractivity contribution in [1.29, 1.82) is 0 Å². The highest BCUT2D eigenvalue weighted by Gasteiger charge is 2.33. The maximum Gasteiger partial charge on any atom is 0.300 e. The normalized spacial score (nSPS) is 13.9. The van der Waals surface area contributed by atoms with E-state index in [1.54, 1.807) is 0 Å². The predicted molar refractivity (Wildman–Crippen MR) is 151 cm³/mol. The van der Waals surface area contributed by atoms with Crippen LogP contribution in [0.25, 0.3) is 0 Å². The lowest BCUT2D eigenvalue weighted by atomic mass is 9.80. The molecule has 0 radical (unpaired) electrons. The van der Waals surface area contributed by atoms with Crippen LogP contribution in [0, 0.1) is 0 Å². The van der Waals surface area contributed by atoms with Gasteiger partial charge in [-0.2, -0.15) is 0 Å². The van der Waals surface area contributed by atoms with Gasteiger partial charge in [0.15, 0.2) is 5.79 Å². The van der Waals surface area contributed by atoms with E-state index in [9.17, 15) is 5.11 Å². The van der Waals surface area contributed by atoms with E-state index in [1.165, 1.54) is 13.8 Å². The van der Waals surface area contributed by atoms with E-state index in [2.05, 4.69) is 0 Å². The number of carboxylic acid groups (broad SMARTS) is 1. The number of carboxylic acids is 1. The van der Waals surface area contributed by atoms with Crippen LogP contribution in [0.3, 0.4) is 0 Å². The summed E-state index contributed by atoms with van der Waals surface area (Å²) < 4.78 is 0. The van der Waals surface area contributed by atoms with Gasteiger partial charge in [-0.25, -0.2) is 0 Å². The van der Waals surface area contributed by atoms with Crippen LogP contribution < -0.4 is 0 Å². The van der Waals surface area contributed by atoms with Crippen LogP contribution >= 0.6 is 0 Å². The van der Waals surface area contributed by atoms with Gasteiger partial charge in [-0.3, -0.25) is 4.79 Å². The average Bonchev–Trinajstić information content (AvgIpc) is 2.95. The van der Waals surface area contributed by atoms with Crippen LogP contribution in [0.5, 0.6) is 0 Å². The highest BCUT2D eigenvalue weighted by Crippen LogP contribution is 2.36. The molecular formula is C30H42O11. The van der Waals surface area contributed by atoms with Crippen molar-refractivity contribution in [3.8, 4) is 0 Å². The second kappa shape index (κ2) is 19.0. The second-order valence-corrected chi connectivity index (χ2v) is 9.30. The lowest BCUT2D eigenvalue weighted by Crippen LogP contribution is -2.46. The maximum absolute atomic E-state index is 11.4. The Kier molecular flexibility index (Phi) is 17.5. The summed E-state index contributed by atoms with van der Waals surface area (Å²) in [4.78, 5) is 9.00. The van der Waals surface area contributed by atoms with Crippen molar-refractivity contribution < 1.29 is 55.9 Å². The Balaban J connectivity index is 0.000000648. The fourth-order valence-electron chi connectivity index (χ4n) is 3.21. The van der Waals surface area contributed by atoms with Gasteiger partial charge in [0.1, 0.15) is 30.0 Å². The summed E-state index contributed by atoms with van der Waals surface area (Å²) in [6.45, 7) is 2.23. The molecule has 0 saturated heterocycles. The summed E-state index contributed by atoms with van der Waals surface area (Å²) in [6, 6.07) is 29.3. The van der Waals surface area contributed by atoms with Crippen LogP contribution in [0.15, 0.2) is 91.0 Å². The molecule has 0 bridgehead atoms. The number of aliphatic carboxylic acids is 1. The monoisotopic (exact) mass is 578 g/mol. The Morgan fingerprint density at radius 1 is 0.610 bits per heavy atom. The van der Waals surface area contributed by atoms with Crippen molar-refractivity contribution in [2.24, 2.45) is 0 Å². The number of aliphatic hydroxyl groups excluding tert-OH is 6. The molecule has 0 amide bonds. The Labute approximate surface area is 239 Å². The van der Waals surface area contributed by atoms with E-state index in [4.69, 9.17) is 50.8 Å². The lowest BCUT2D eigenvalue weighted by molar-refractivity contribution is -0.134. The topological polar surface area (TPSA) is 219 Å². The molecule has 11 nitrogen and oxygen atoms in total. The Bertz CT molecular complexity index is 953. The third-order valence-corrected chi connectivity index (χ3v) is 5.09. The van der Waals surface area contributed by atoms with Gasteiger partial charge in [0, 0.05) is 6.92 Å². The Hall–Kier alpha value is -3.23. The number of hydrogen-bond acceptors (Lipinski definition) is 10. The van der Waals surface area contributed by atoms with Gasteiger partial charge in [-0.05, 0) is 30.5 Å². The molecule has 0 aliphatic carbocycles. The van der Waals surface area contributed by atoms with Crippen molar-refractivity contribution in [3.05, 3.63) is 108 Å². The van der Waals surface area contributed by atoms with Crippen molar-refractivity contribution in [2.45, 2.75) is 56.6 Å². The molecule has 0 fully saturated rings. The molecular weight excluding hydrogens is 536 g/mol. The van der Waals surface area contributed by atoms with E-state index < -0.39 is 55.0 Å². The zero-order chi connectivity index (χ0) is 31.6. The molecule has 0 aliphatic rings. The van der Waals surface area contributed by atoms with E-state index in [1.807, 2.05) is 91.0 Å². The van der Waals surface area contributed by atoms with E-state index in [0.29, 0.717) is 0 Å². The Morgan fingerprint density at radius 3 is 0.976 bits per heavy atom. The first-order valence-corrected chi connectivity index (χ1v) is 12.6. The van der Waals surface area contributed by atoms with Crippen LogP contribution in [-0.4, -0.2) is 100 Å². The third kappa shape index (κ3) is 14.8. The molecule has 0 aliphatic heterocycles. The highest BCUT2D eigenvalue weighted by molar-refractivity contribution is 5.63. The molecule has 0 spiro atoms. The van der Waals surface area contributed by atoms with Crippen molar-refractivity contribution in [3.63, 3.8) is 0 Å². The highest BCUT2D eigenvalue weighted by atomic mass is 16.5. The van der Waals surface area contributed by atoms with Gasteiger partial charge in [0.05, 0.1) is 13.2 Å². The summed E-state index contributed by atoms with van der Waals surface area (Å²) in [5, 5.41) is 87.2. The lowest BCUT2D eigenvalue weighted by Gasteiger charge is -2.30. The van der Waals surface area contributed by atoms with Gasteiger partial charge in [0.25, 0.3) is 5.97 Å². The third-order valence-electron chi connectivity index (χ3n) is 5.09. The van der Waals surface area contributed by atoms with Crippen LogP contribution in [0.1, 0.15) is 37.5 Å². The molecule has 228 valence electrons. The number of rotatable bonds is 8. The van der Waals surface area contributed by atoms with Crippen molar-refractivity contribution >= 4 is 5.97 Å². The smallest absolute Gasteiger partial charge is 0.300 e. The molecule has 4 unspecified atom stereocenters. The fraction of sp³-hybridized carbons (Fsp3) is 0.367. The first-order chi connectivity index (χ1) is 19.1. The standard InChI is InChI=1S/C19H16O.C6H14O6.C3H8O2.C2H4O2/c20-19(16-10-4-1-5-11-16,17-12-6-2-7-13-17)18-14-8-3-9-15-18;7-1-3(9)5(11)6(12)4(10)2-8;1-3(2,4)5;1-2(3)4/h1-15,20H;3-12H,1-2H2;4-5H,1-2H3;1H3,(H,3,4). The fourth-order valence-corrected chi connectivity index (χ4v) is 3.21. The maximum atomic E-state index is 11.4. The van der Waals surface area contributed by atoms with Gasteiger partial charge in [-0.15, -0.1) is 0 Å². The predicted octanol–water partition coefficient (Wildman–Crippen LogP) is 0.183. The van der Waals surface area contributed by atoms with Gasteiger partial charge < -0.3 is 51.1 Å². The number of aliphatic hydroxyl groups is 9. The average molecular weight is 579 g/mol. The van der Waals surface area contributed by atoms with Crippen LogP contribution in [0.4, 0.5) is 0 Å². The van der Waals surface area contributed by atoms with Crippen LogP contribution in [0.2, 0.25) is 0 Å². The largest absolute Gasteiger partial charge is 0.481 e. The first-order valence-electron chi connectivity index (χ1n) is 12.6. The molecule has 3 aromatic rings. The molecule has 4 atom stereocenters. The molecule has 0 saturated carbocycles. The minimum atomic E-state index is -1.67. The summed E-state index contributed by atoms with van der Waals surface area (Å²) in [5.41, 5.74) is 1.50. The summed E-state index contributed by atoms with van der Waals surface area (Å²) in [7, 11) is 0. The molecule has 11 heteroatoms. The van der Waals surface area contributed by atoms with Gasteiger partial charge >= 0.3 is 0 Å². The number of carbonyl (C=O) groups is 1. The zero-order valence-electron chi connectivity index (χ0n) is 23.3. The zero-order valence-corrected chi connectivity index (χ0v) is 23.3. The molecule has 3 rings (SSSR count). The van der Waals surface area contributed by atoms with Crippen LogP contribution in [-0.2, 0) is 10.4 Å². The number of benzene rings is 3. The quantitative estimate of drug-likeness (QED) is 0.128. The van der Waals surface area contributed by atoms with Gasteiger partial charge in [-0.1, -0.05) is 91.0 Å². The van der Waals surface area contributed by atoms with Gasteiger partial charge in [0.2, 0.25) is 0 Å². The van der Waals surface area contributed by atoms with Crippen molar-refractivity contribution in [1.82, 2.24) is 0 Å². The summed E-state index contributed by atoms with van der Waals surface area (Å²) in [5.74, 6) is -2.33. The molecule has 41 heavy (non-hydrogen) atoms. The minimum absolute atomic E-state index is 0.726. The summed E-state index contributed by atoms with van der Waals surface area (Å²) >= 11 is 0. The van der Waals surface area contributed by atoms with E-state index >= 15 is 0 Å². The molecule has 0 aromatic heterocycles. The molecule has 3 aromatic carbocycles. The van der Waals surface area contributed by atoms with E-state index in [-0.39, 0.29) is 0 Å². The van der Waals surface area contributed by atoms with E-state index in [0.717, 1.165) is 23.6 Å². The summed E-state index contributed by atoms with van der Waals surface area (Å²) in [6.07, 6.45) is -6.39. The SMILES string of the molecule is CC(=O)O.CC(C)(O)O.OC(c1ccccc1)(c1ccccc1)c1ccccc1.OCC(O)C(O)C(O)C(O)CO. The molecule has 0 heterocycles. The number of hydrogen-bond donors (Lipinski definition) is 10. The minimum Gasteiger partial charge on any atom is -0.481 e. The second-order valence-electron chi connectivity index (χ2n) is 9.30.